The molecule has 12 heteroatoms. The molecule has 0 saturated heterocycles. The highest BCUT2D eigenvalue weighted by Crippen LogP contribution is 2.27. The summed E-state index contributed by atoms with van der Waals surface area (Å²) in [6.45, 7) is 14.8. The van der Waals surface area contributed by atoms with Gasteiger partial charge >= 0.3 is 11.9 Å². The second-order valence-corrected chi connectivity index (χ2v) is 10.5. The topological polar surface area (TPSA) is 165 Å². The van der Waals surface area contributed by atoms with Gasteiger partial charge in [0.15, 0.2) is 0 Å². The van der Waals surface area contributed by atoms with E-state index in [1.54, 1.807) is 32.1 Å². The summed E-state index contributed by atoms with van der Waals surface area (Å²) in [6.07, 6.45) is 8.80. The number of hydrogen-bond donors (Lipinski definition) is 5. The average Bonchev–Trinajstić information content (AvgIpc) is 3.59. The number of H-pyrrole nitrogens is 2. The summed E-state index contributed by atoms with van der Waals surface area (Å²) in [5, 5.41) is 23.0. The van der Waals surface area contributed by atoms with Crippen LogP contribution in [0.25, 0.3) is 18.2 Å². The van der Waals surface area contributed by atoms with E-state index in [-0.39, 0.29) is 62.3 Å². The van der Waals surface area contributed by atoms with Crippen molar-refractivity contribution in [3.05, 3.63) is 97.6 Å². The van der Waals surface area contributed by atoms with Crippen LogP contribution in [0.15, 0.2) is 58.3 Å². The minimum Gasteiger partial charge on any atom is -0.481 e. The van der Waals surface area contributed by atoms with Crippen LogP contribution >= 0.6 is 24.8 Å². The molecule has 0 bridgehead atoms. The number of carboxylic acid groups (broad SMARTS) is 2. The van der Waals surface area contributed by atoms with E-state index in [1.165, 1.54) is 6.08 Å². The molecule has 0 unspecified atom stereocenters. The molecule has 2 aliphatic rings. The first-order chi connectivity index (χ1) is 20.4. The fourth-order valence-electron chi connectivity index (χ4n) is 5.34. The monoisotopic (exact) mass is 654 g/mol. The van der Waals surface area contributed by atoms with Crippen molar-refractivity contribution >= 4 is 72.5 Å². The van der Waals surface area contributed by atoms with Gasteiger partial charge in [-0.3, -0.25) is 19.2 Å². The lowest BCUT2D eigenvalue weighted by Crippen LogP contribution is -2.15. The van der Waals surface area contributed by atoms with Crippen molar-refractivity contribution < 1.29 is 29.4 Å². The molecule has 0 saturated carbocycles. The van der Waals surface area contributed by atoms with Crippen LogP contribution in [0.3, 0.4) is 0 Å². The van der Waals surface area contributed by atoms with Crippen LogP contribution in [0.4, 0.5) is 0 Å². The second-order valence-electron chi connectivity index (χ2n) is 10.5. The normalized spacial score (nSPS) is 16.2. The number of rotatable bonds is 11. The molecule has 10 nitrogen and oxygen atoms in total. The van der Waals surface area contributed by atoms with Crippen molar-refractivity contribution in [2.75, 3.05) is 0 Å². The SMILES string of the molecule is C=CC1=C(C)C(/C=c2/[nH]/c(=C\c3[nH]c(/C=C4\NC(=O)C(C)=C4C=C)c(C)c3CCC(=O)O)c(CCC(=O)O)c2C)=NC1=O.Cl.Cl. The second kappa shape index (κ2) is 14.9. The van der Waals surface area contributed by atoms with E-state index < -0.39 is 11.9 Å². The predicted molar refractivity (Wildman–Crippen MR) is 179 cm³/mol. The summed E-state index contributed by atoms with van der Waals surface area (Å²) < 4.78 is 0. The number of hydrogen-bond acceptors (Lipinski definition) is 4. The summed E-state index contributed by atoms with van der Waals surface area (Å²) in [5.74, 6) is -2.46. The predicted octanol–water partition coefficient (Wildman–Crippen LogP) is 3.90. The van der Waals surface area contributed by atoms with E-state index in [1.807, 2.05) is 19.9 Å². The maximum Gasteiger partial charge on any atom is 0.303 e. The number of carbonyl (C=O) groups excluding carboxylic acids is 2. The Balaban J connectivity index is 0.00000353. The molecule has 0 spiro atoms. The number of aliphatic imine (C=N–C) groups is 1. The Morgan fingerprint density at radius 1 is 0.756 bits per heavy atom. The number of carbonyl (C=O) groups is 4. The molecule has 0 aliphatic carbocycles. The summed E-state index contributed by atoms with van der Waals surface area (Å²) in [4.78, 5) is 58.4. The first kappa shape index (κ1) is 36.5. The molecule has 2 aromatic heterocycles. The Bertz CT molecular complexity index is 1870. The Morgan fingerprint density at radius 2 is 1.36 bits per heavy atom. The third-order valence-corrected chi connectivity index (χ3v) is 7.87. The first-order valence-electron chi connectivity index (χ1n) is 13.8. The van der Waals surface area contributed by atoms with Gasteiger partial charge in [0.25, 0.3) is 11.8 Å². The molecule has 45 heavy (non-hydrogen) atoms. The molecule has 238 valence electrons. The fourth-order valence-corrected chi connectivity index (χ4v) is 5.34. The molecule has 0 aromatic carbocycles. The minimum absolute atomic E-state index is 0. The van der Waals surface area contributed by atoms with E-state index in [2.05, 4.69) is 33.4 Å². The molecule has 0 atom stereocenters. The van der Waals surface area contributed by atoms with Gasteiger partial charge in [0.1, 0.15) is 0 Å². The van der Waals surface area contributed by atoms with Crippen LogP contribution < -0.4 is 16.0 Å². The molecular formula is C33H36Cl2N4O6. The molecule has 4 heterocycles. The summed E-state index contributed by atoms with van der Waals surface area (Å²) in [7, 11) is 0. The average molecular weight is 656 g/mol. The third-order valence-electron chi connectivity index (χ3n) is 7.87. The number of aliphatic carboxylic acids is 2. The van der Waals surface area contributed by atoms with E-state index in [0.29, 0.717) is 55.8 Å². The molecule has 2 aromatic rings. The zero-order chi connectivity index (χ0) is 31.6. The quantitative estimate of drug-likeness (QED) is 0.247. The van der Waals surface area contributed by atoms with Gasteiger partial charge in [0.2, 0.25) is 0 Å². The maximum absolute atomic E-state index is 12.3. The number of aromatic nitrogens is 2. The standard InChI is InChI=1S/C33H34N4O6.2ClH/c1-7-20-19(6)32(42)37-27(20)14-25-18(5)23(10-12-31(40)41)29(35-25)15-28-22(9-11-30(38)39)17(4)24(34-28)13-26-16(3)21(8-2)33(43)36-26;;/h7-8,13-15,34-35H,1-2,9-12H2,3-6H3,(H,37,42)(H,38,39)(H,40,41);2*1H/b24-13+,27-14-,28-15-;;. The van der Waals surface area contributed by atoms with Gasteiger partial charge in [-0.2, -0.15) is 0 Å². The number of allylic oxidation sites excluding steroid dienone is 2. The summed E-state index contributed by atoms with van der Waals surface area (Å²) in [6, 6.07) is 0. The Morgan fingerprint density at radius 3 is 1.91 bits per heavy atom. The first-order valence-corrected chi connectivity index (χ1v) is 13.8. The molecule has 0 fully saturated rings. The number of nitrogens with zero attached hydrogens (tertiary/aromatic N) is 1. The Kier molecular flexibility index (Phi) is 12.1. The van der Waals surface area contributed by atoms with E-state index >= 15 is 0 Å². The highest BCUT2D eigenvalue weighted by molar-refractivity contribution is 6.31. The van der Waals surface area contributed by atoms with Gasteiger partial charge in [-0.15, -0.1) is 24.8 Å². The molecule has 5 N–H and O–H groups in total. The molecule has 4 rings (SSSR count). The lowest BCUT2D eigenvalue weighted by atomic mass is 10.0. The lowest BCUT2D eigenvalue weighted by Gasteiger charge is -2.02. The molecule has 2 aliphatic heterocycles. The molecule has 2 amide bonds. The van der Waals surface area contributed by atoms with E-state index in [9.17, 15) is 29.4 Å². The fraction of sp³-hybridized carbons (Fsp3) is 0.242. The maximum atomic E-state index is 12.3. The number of amides is 2. The van der Waals surface area contributed by atoms with Gasteiger partial charge < -0.3 is 25.5 Å². The molecule has 0 radical (unpaired) electrons. The number of halogens is 2. The van der Waals surface area contributed by atoms with Crippen molar-refractivity contribution in [1.82, 2.24) is 15.3 Å². The van der Waals surface area contributed by atoms with E-state index in [4.69, 9.17) is 0 Å². The van der Waals surface area contributed by atoms with Crippen LogP contribution in [0.5, 0.6) is 0 Å². The van der Waals surface area contributed by atoms with Crippen LogP contribution in [-0.4, -0.2) is 49.6 Å². The highest BCUT2D eigenvalue weighted by atomic mass is 35.5. The van der Waals surface area contributed by atoms with Gasteiger partial charge in [0, 0.05) is 51.6 Å². The van der Waals surface area contributed by atoms with Gasteiger partial charge in [-0.1, -0.05) is 25.3 Å². The number of carboxylic acids is 2. The van der Waals surface area contributed by atoms with Gasteiger partial charge in [0.05, 0.1) is 11.4 Å². The zero-order valence-corrected chi connectivity index (χ0v) is 27.1. The van der Waals surface area contributed by atoms with E-state index in [0.717, 1.165) is 22.3 Å². The van der Waals surface area contributed by atoms with Crippen molar-refractivity contribution in [2.24, 2.45) is 4.99 Å². The smallest absolute Gasteiger partial charge is 0.303 e. The highest BCUT2D eigenvalue weighted by Gasteiger charge is 2.23. The van der Waals surface area contributed by atoms with Crippen molar-refractivity contribution in [1.29, 1.82) is 0 Å². The molecular weight excluding hydrogens is 619 g/mol. The van der Waals surface area contributed by atoms with Crippen molar-refractivity contribution in [3.63, 3.8) is 0 Å². The van der Waals surface area contributed by atoms with Crippen LogP contribution in [-0.2, 0) is 32.0 Å². The zero-order valence-electron chi connectivity index (χ0n) is 25.4. The number of nitrogens with one attached hydrogen (secondary N) is 3. The van der Waals surface area contributed by atoms with Crippen molar-refractivity contribution in [2.45, 2.75) is 53.4 Å². The minimum atomic E-state index is -0.941. The van der Waals surface area contributed by atoms with Crippen LogP contribution in [0.2, 0.25) is 0 Å². The summed E-state index contributed by atoms with van der Waals surface area (Å²) >= 11 is 0. The van der Waals surface area contributed by atoms with Gasteiger partial charge in [-0.05, 0) is 86.6 Å². The van der Waals surface area contributed by atoms with Crippen LogP contribution in [0, 0.1) is 13.8 Å². The number of aromatic amines is 2. The Labute approximate surface area is 272 Å². The largest absolute Gasteiger partial charge is 0.481 e. The Hall–Kier alpha value is -4.67. The van der Waals surface area contributed by atoms with Crippen molar-refractivity contribution in [3.8, 4) is 0 Å². The third kappa shape index (κ3) is 7.53. The summed E-state index contributed by atoms with van der Waals surface area (Å²) in [5.41, 5.74) is 7.97. The lowest BCUT2D eigenvalue weighted by molar-refractivity contribution is -0.138. The van der Waals surface area contributed by atoms with Gasteiger partial charge in [-0.25, -0.2) is 4.99 Å². The van der Waals surface area contributed by atoms with Crippen LogP contribution in [0.1, 0.15) is 60.3 Å².